The Morgan fingerprint density at radius 3 is 2.76 bits per heavy atom. The minimum absolute atomic E-state index is 0.103. The van der Waals surface area contributed by atoms with Gasteiger partial charge in [0.1, 0.15) is 13.2 Å². The van der Waals surface area contributed by atoms with Crippen LogP contribution in [0.3, 0.4) is 0 Å². The molecule has 0 bridgehead atoms. The molecule has 148 valence electrons. The fraction of sp³-hybridized carbons (Fsp3) is 0.286. The summed E-state index contributed by atoms with van der Waals surface area (Å²) in [7, 11) is 0. The molecule has 1 N–H and O–H groups in total. The average Bonchev–Trinajstić information content (AvgIpc) is 3.33. The minimum atomic E-state index is -0.218. The molecule has 0 atom stereocenters. The van der Waals surface area contributed by atoms with Crippen LogP contribution in [0.15, 0.2) is 30.3 Å². The predicted molar refractivity (Wildman–Crippen MR) is 111 cm³/mol. The smallest absolute Gasteiger partial charge is 0.257 e. The van der Waals surface area contributed by atoms with Gasteiger partial charge in [-0.2, -0.15) is 0 Å². The van der Waals surface area contributed by atoms with Crippen LogP contribution in [0.2, 0.25) is 0 Å². The van der Waals surface area contributed by atoms with Crippen molar-refractivity contribution in [1.29, 1.82) is 0 Å². The van der Waals surface area contributed by atoms with Crippen LogP contribution in [0, 0.1) is 0 Å². The molecule has 0 saturated carbocycles. The lowest BCUT2D eigenvalue weighted by atomic mass is 10.1. The number of nitrogens with zero attached hydrogens (tertiary/aromatic N) is 2. The van der Waals surface area contributed by atoms with Gasteiger partial charge in [0.05, 0.1) is 10.2 Å². The number of rotatable bonds is 3. The summed E-state index contributed by atoms with van der Waals surface area (Å²) < 4.78 is 12.1. The highest BCUT2D eigenvalue weighted by Crippen LogP contribution is 2.38. The highest BCUT2D eigenvalue weighted by Gasteiger charge is 2.24. The van der Waals surface area contributed by atoms with Gasteiger partial charge in [-0.15, -0.1) is 0 Å². The molecule has 0 radical (unpaired) electrons. The topological polar surface area (TPSA) is 80.8 Å². The zero-order valence-corrected chi connectivity index (χ0v) is 16.7. The number of carbonyl (C=O) groups excluding carboxylic acids is 2. The number of aromatic nitrogens is 1. The van der Waals surface area contributed by atoms with Gasteiger partial charge in [-0.3, -0.25) is 14.9 Å². The van der Waals surface area contributed by atoms with Gasteiger partial charge < -0.3 is 14.4 Å². The summed E-state index contributed by atoms with van der Waals surface area (Å²) in [6.07, 6.45) is 1.23. The number of fused-ring (bicyclic) bond motifs is 3. The Labute approximate surface area is 171 Å². The third kappa shape index (κ3) is 3.19. The van der Waals surface area contributed by atoms with Crippen molar-refractivity contribution >= 4 is 44.2 Å². The Bertz CT molecular complexity index is 1100. The first kappa shape index (κ1) is 17.9. The first-order valence-corrected chi connectivity index (χ1v) is 10.4. The van der Waals surface area contributed by atoms with Gasteiger partial charge in [-0.1, -0.05) is 18.3 Å². The third-order valence-electron chi connectivity index (χ3n) is 5.11. The molecule has 0 unspecified atom stereocenters. The van der Waals surface area contributed by atoms with Crippen LogP contribution in [0.4, 0.5) is 10.8 Å². The van der Waals surface area contributed by atoms with Gasteiger partial charge in [-0.25, -0.2) is 4.98 Å². The first-order valence-electron chi connectivity index (χ1n) is 9.57. The van der Waals surface area contributed by atoms with Crippen molar-refractivity contribution in [2.24, 2.45) is 0 Å². The lowest BCUT2D eigenvalue weighted by molar-refractivity contribution is -0.118. The lowest BCUT2D eigenvalue weighted by Gasteiger charge is -2.17. The number of hydrogen-bond donors (Lipinski definition) is 1. The lowest BCUT2D eigenvalue weighted by Crippen LogP contribution is -2.27. The number of nitrogens with one attached hydrogen (secondary N) is 1. The van der Waals surface area contributed by atoms with Crippen LogP contribution in [0.1, 0.15) is 29.3 Å². The molecule has 5 rings (SSSR count). The number of carbonyl (C=O) groups is 2. The first-order chi connectivity index (χ1) is 14.1. The highest BCUT2D eigenvalue weighted by molar-refractivity contribution is 7.22. The van der Waals surface area contributed by atoms with Gasteiger partial charge in [0, 0.05) is 36.3 Å². The van der Waals surface area contributed by atoms with E-state index >= 15 is 0 Å². The molecule has 0 aliphatic carbocycles. The number of amides is 2. The van der Waals surface area contributed by atoms with Crippen LogP contribution < -0.4 is 19.7 Å². The summed E-state index contributed by atoms with van der Waals surface area (Å²) in [5.41, 5.74) is 3.24. The Hall–Kier alpha value is -3.13. The van der Waals surface area contributed by atoms with Gasteiger partial charge in [0.15, 0.2) is 16.6 Å². The molecule has 7 nitrogen and oxygen atoms in total. The van der Waals surface area contributed by atoms with Crippen molar-refractivity contribution in [3.63, 3.8) is 0 Å². The van der Waals surface area contributed by atoms with E-state index in [2.05, 4.69) is 10.3 Å². The zero-order valence-electron chi connectivity index (χ0n) is 15.9. The van der Waals surface area contributed by atoms with E-state index in [1.807, 2.05) is 31.2 Å². The van der Waals surface area contributed by atoms with Gasteiger partial charge in [0.2, 0.25) is 5.91 Å². The Morgan fingerprint density at radius 1 is 1.17 bits per heavy atom. The van der Waals surface area contributed by atoms with Crippen molar-refractivity contribution in [2.45, 2.75) is 19.8 Å². The van der Waals surface area contributed by atoms with Gasteiger partial charge in [0.25, 0.3) is 5.91 Å². The number of thiazole rings is 1. The maximum atomic E-state index is 12.7. The molecular weight excluding hydrogens is 390 g/mol. The maximum absolute atomic E-state index is 12.7. The highest BCUT2D eigenvalue weighted by atomic mass is 32.1. The van der Waals surface area contributed by atoms with Gasteiger partial charge >= 0.3 is 0 Å². The van der Waals surface area contributed by atoms with E-state index < -0.39 is 0 Å². The third-order valence-corrected chi connectivity index (χ3v) is 6.05. The minimum Gasteiger partial charge on any atom is -0.486 e. The number of hydrogen-bond acceptors (Lipinski definition) is 6. The predicted octanol–water partition coefficient (Wildman–Crippen LogP) is 3.62. The van der Waals surface area contributed by atoms with E-state index in [1.54, 1.807) is 11.0 Å². The summed E-state index contributed by atoms with van der Waals surface area (Å²) >= 11 is 1.39. The molecule has 1 aromatic heterocycles. The Morgan fingerprint density at radius 2 is 1.97 bits per heavy atom. The molecular formula is C21H19N3O4S. The number of anilines is 2. The molecule has 0 spiro atoms. The SMILES string of the molecule is CCC(=O)N1CCc2cc(C(=O)Nc3nc4cc5c(cc4s3)OCCO5)ccc21. The maximum Gasteiger partial charge on any atom is 0.257 e. The normalized spacial score (nSPS) is 14.7. The zero-order chi connectivity index (χ0) is 20.0. The van der Waals surface area contributed by atoms with Crippen LogP contribution in [0.25, 0.3) is 10.2 Å². The monoisotopic (exact) mass is 409 g/mol. The van der Waals surface area contributed by atoms with E-state index in [0.717, 1.165) is 27.9 Å². The van der Waals surface area contributed by atoms with E-state index in [-0.39, 0.29) is 11.8 Å². The van der Waals surface area contributed by atoms with Crippen LogP contribution in [-0.4, -0.2) is 36.6 Å². The number of ether oxygens (including phenoxy) is 2. The fourth-order valence-electron chi connectivity index (χ4n) is 3.68. The molecule has 2 aliphatic rings. The summed E-state index contributed by atoms with van der Waals surface area (Å²) in [5.74, 6) is 1.27. The largest absolute Gasteiger partial charge is 0.486 e. The van der Waals surface area contributed by atoms with Crippen molar-refractivity contribution < 1.29 is 19.1 Å². The van der Waals surface area contributed by atoms with Crippen LogP contribution >= 0.6 is 11.3 Å². The molecule has 2 aromatic carbocycles. The molecule has 0 fully saturated rings. The van der Waals surface area contributed by atoms with Crippen molar-refractivity contribution in [1.82, 2.24) is 4.98 Å². The van der Waals surface area contributed by atoms with Crippen molar-refractivity contribution in [3.05, 3.63) is 41.5 Å². The van der Waals surface area contributed by atoms with Gasteiger partial charge in [-0.05, 0) is 30.2 Å². The molecule has 0 saturated heterocycles. The summed E-state index contributed by atoms with van der Waals surface area (Å²) in [6.45, 7) is 3.57. The molecule has 29 heavy (non-hydrogen) atoms. The Kier molecular flexibility index (Phi) is 4.35. The average molecular weight is 409 g/mol. The van der Waals surface area contributed by atoms with Crippen LogP contribution in [-0.2, 0) is 11.2 Å². The fourth-order valence-corrected chi connectivity index (χ4v) is 4.55. The second kappa shape index (κ2) is 7.04. The number of benzene rings is 2. The summed E-state index contributed by atoms with van der Waals surface area (Å²) in [4.78, 5) is 31.1. The van der Waals surface area contributed by atoms with E-state index in [0.29, 0.717) is 48.4 Å². The van der Waals surface area contributed by atoms with Crippen molar-refractivity contribution in [2.75, 3.05) is 30.0 Å². The van der Waals surface area contributed by atoms with E-state index in [4.69, 9.17) is 9.47 Å². The quantitative estimate of drug-likeness (QED) is 0.715. The van der Waals surface area contributed by atoms with Crippen molar-refractivity contribution in [3.8, 4) is 11.5 Å². The van der Waals surface area contributed by atoms with Crippen LogP contribution in [0.5, 0.6) is 11.5 Å². The van der Waals surface area contributed by atoms with E-state index in [9.17, 15) is 9.59 Å². The Balaban J connectivity index is 1.37. The molecule has 3 heterocycles. The van der Waals surface area contributed by atoms with E-state index in [1.165, 1.54) is 11.3 Å². The second-order valence-electron chi connectivity index (χ2n) is 6.93. The molecule has 8 heteroatoms. The second-order valence-corrected chi connectivity index (χ2v) is 7.96. The molecule has 3 aromatic rings. The molecule has 2 amide bonds. The molecule has 2 aliphatic heterocycles. The summed E-state index contributed by atoms with van der Waals surface area (Å²) in [6, 6.07) is 9.20. The summed E-state index contributed by atoms with van der Waals surface area (Å²) in [5, 5.41) is 3.40. The standard InChI is InChI=1S/C21H19N3O4S/c1-2-19(25)24-6-5-12-9-13(3-4-15(12)24)20(26)23-21-22-14-10-16-17(11-18(14)29-21)28-8-7-27-16/h3-4,9-11H,2,5-8H2,1H3,(H,22,23,26).